The summed E-state index contributed by atoms with van der Waals surface area (Å²) < 4.78 is 5.82. The summed E-state index contributed by atoms with van der Waals surface area (Å²) in [4.78, 5) is 11.1. The van der Waals surface area contributed by atoms with Crippen LogP contribution in [0.3, 0.4) is 0 Å². The third-order valence-corrected chi connectivity index (χ3v) is 5.04. The Hall–Kier alpha value is -1.52. The lowest BCUT2D eigenvalue weighted by atomic mass is 9.65. The van der Waals surface area contributed by atoms with Gasteiger partial charge in [0.05, 0.1) is 12.7 Å². The first kappa shape index (κ1) is 16.8. The smallest absolute Gasteiger partial charge is 0.213 e. The Labute approximate surface area is 134 Å². The van der Waals surface area contributed by atoms with Crippen molar-refractivity contribution in [3.05, 3.63) is 17.8 Å². The Bertz CT molecular complexity index is 563. The van der Waals surface area contributed by atoms with Gasteiger partial charge in [-0.05, 0) is 13.8 Å². The van der Waals surface area contributed by atoms with Gasteiger partial charge in [-0.1, -0.05) is 34.6 Å². The highest BCUT2D eigenvalue weighted by Gasteiger charge is 2.53. The van der Waals surface area contributed by atoms with Crippen LogP contribution in [0.5, 0.6) is 0 Å². The first-order valence-corrected chi connectivity index (χ1v) is 7.92. The second-order valence-electron chi connectivity index (χ2n) is 8.30. The minimum absolute atomic E-state index is 0.0174. The molecule has 5 heteroatoms. The fourth-order valence-electron chi connectivity index (χ4n) is 2.59. The van der Waals surface area contributed by atoms with Crippen molar-refractivity contribution >= 4 is 5.96 Å². The van der Waals surface area contributed by atoms with Gasteiger partial charge in [-0.15, -0.1) is 0 Å². The van der Waals surface area contributed by atoms with Gasteiger partial charge in [0, 0.05) is 30.0 Å². The van der Waals surface area contributed by atoms with E-state index >= 15 is 0 Å². The molecule has 1 aliphatic rings. The molecule has 1 N–H and O–H groups in total. The van der Waals surface area contributed by atoms with E-state index in [0.717, 1.165) is 18.3 Å². The van der Waals surface area contributed by atoms with Crippen molar-refractivity contribution in [1.82, 2.24) is 15.2 Å². The van der Waals surface area contributed by atoms with E-state index in [9.17, 15) is 0 Å². The van der Waals surface area contributed by atoms with Gasteiger partial charge in [-0.25, -0.2) is 4.98 Å². The van der Waals surface area contributed by atoms with Crippen LogP contribution in [0, 0.1) is 5.41 Å². The van der Waals surface area contributed by atoms with E-state index in [2.05, 4.69) is 68.7 Å². The molecule has 0 bridgehead atoms. The quantitative estimate of drug-likeness (QED) is 0.673. The molecular weight excluding hydrogens is 276 g/mol. The number of nitrogens with one attached hydrogen (secondary N) is 1. The van der Waals surface area contributed by atoms with E-state index < -0.39 is 0 Å². The molecule has 2 heterocycles. The molecule has 1 aliphatic heterocycles. The van der Waals surface area contributed by atoms with Gasteiger partial charge < -0.3 is 14.6 Å². The van der Waals surface area contributed by atoms with Crippen molar-refractivity contribution < 1.29 is 4.42 Å². The Balaban J connectivity index is 2.00. The fourth-order valence-corrected chi connectivity index (χ4v) is 2.59. The number of rotatable bonds is 2. The zero-order valence-electron chi connectivity index (χ0n) is 15.2. The number of likely N-dealkylation sites (tertiary alicyclic amines) is 1. The lowest BCUT2D eigenvalue weighted by Gasteiger charge is -2.62. The number of oxazole rings is 1. The van der Waals surface area contributed by atoms with Crippen LogP contribution >= 0.6 is 0 Å². The third kappa shape index (κ3) is 2.85. The van der Waals surface area contributed by atoms with E-state index in [1.165, 1.54) is 0 Å². The van der Waals surface area contributed by atoms with Gasteiger partial charge in [0.1, 0.15) is 5.76 Å². The van der Waals surface area contributed by atoms with Gasteiger partial charge in [-0.3, -0.25) is 4.99 Å². The predicted molar refractivity (Wildman–Crippen MR) is 90.0 cm³/mol. The van der Waals surface area contributed by atoms with Crippen LogP contribution in [0.2, 0.25) is 0 Å². The average Bonchev–Trinajstić information content (AvgIpc) is 2.87. The molecule has 0 unspecified atom stereocenters. The molecule has 0 aromatic carbocycles. The molecule has 1 aromatic heterocycles. The van der Waals surface area contributed by atoms with Gasteiger partial charge in [0.2, 0.25) is 5.89 Å². The summed E-state index contributed by atoms with van der Waals surface area (Å²) in [5.74, 6) is 2.51. The van der Waals surface area contributed by atoms with Crippen LogP contribution in [0.15, 0.2) is 15.6 Å². The third-order valence-electron chi connectivity index (χ3n) is 5.04. The number of aliphatic imine (C=N–C) groups is 1. The predicted octanol–water partition coefficient (Wildman–Crippen LogP) is 3.17. The Morgan fingerprint density at radius 3 is 2.41 bits per heavy atom. The summed E-state index contributed by atoms with van der Waals surface area (Å²) in [6.07, 6.45) is 1.82. The molecule has 0 saturated carbocycles. The second-order valence-corrected chi connectivity index (χ2v) is 8.30. The summed E-state index contributed by atoms with van der Waals surface area (Å²) in [7, 11) is 1.82. The van der Waals surface area contributed by atoms with Crippen molar-refractivity contribution in [1.29, 1.82) is 0 Å². The molecule has 5 nitrogen and oxygen atoms in total. The maximum Gasteiger partial charge on any atom is 0.213 e. The van der Waals surface area contributed by atoms with Crippen LogP contribution < -0.4 is 5.32 Å². The first-order chi connectivity index (χ1) is 9.99. The summed E-state index contributed by atoms with van der Waals surface area (Å²) in [5, 5.41) is 3.37. The lowest BCUT2D eigenvalue weighted by Crippen LogP contribution is -2.72. The molecule has 0 radical (unpaired) electrons. The summed E-state index contributed by atoms with van der Waals surface area (Å²) >= 11 is 0. The molecule has 1 aromatic rings. The SMILES string of the molecule is CN=C(NCc1ncc(C(C)(C)C)o1)N1CC(C)(C)C1(C)C. The van der Waals surface area contributed by atoms with E-state index in [-0.39, 0.29) is 16.4 Å². The number of nitrogens with zero attached hydrogens (tertiary/aromatic N) is 3. The van der Waals surface area contributed by atoms with Crippen LogP contribution in [0.1, 0.15) is 60.1 Å². The maximum atomic E-state index is 5.82. The minimum Gasteiger partial charge on any atom is -0.443 e. The minimum atomic E-state index is -0.0174. The molecule has 2 rings (SSSR count). The molecule has 124 valence electrons. The second kappa shape index (κ2) is 5.28. The monoisotopic (exact) mass is 306 g/mol. The topological polar surface area (TPSA) is 53.7 Å². The van der Waals surface area contributed by atoms with Crippen LogP contribution in [-0.4, -0.2) is 35.0 Å². The zero-order valence-corrected chi connectivity index (χ0v) is 15.2. The molecule has 1 fully saturated rings. The first-order valence-electron chi connectivity index (χ1n) is 7.92. The maximum absolute atomic E-state index is 5.82. The molecule has 0 amide bonds. The van der Waals surface area contributed by atoms with Gasteiger partial charge in [0.15, 0.2) is 5.96 Å². The summed E-state index contributed by atoms with van der Waals surface area (Å²) in [6.45, 7) is 17.0. The van der Waals surface area contributed by atoms with Crippen molar-refractivity contribution in [2.45, 2.75) is 66.0 Å². The highest BCUT2D eigenvalue weighted by atomic mass is 16.4. The Morgan fingerprint density at radius 2 is 2.00 bits per heavy atom. The fraction of sp³-hybridized carbons (Fsp3) is 0.765. The average molecular weight is 306 g/mol. The van der Waals surface area contributed by atoms with E-state index in [4.69, 9.17) is 4.42 Å². The van der Waals surface area contributed by atoms with Gasteiger partial charge >= 0.3 is 0 Å². The molecule has 0 spiro atoms. The zero-order chi connectivity index (χ0) is 16.8. The van der Waals surface area contributed by atoms with Crippen molar-refractivity contribution in [2.75, 3.05) is 13.6 Å². The summed E-state index contributed by atoms with van der Waals surface area (Å²) in [5.41, 5.74) is 0.353. The summed E-state index contributed by atoms with van der Waals surface area (Å²) in [6, 6.07) is 0. The Morgan fingerprint density at radius 1 is 1.36 bits per heavy atom. The Kier molecular flexibility index (Phi) is 4.05. The number of aromatic nitrogens is 1. The normalized spacial score (nSPS) is 20.7. The van der Waals surface area contributed by atoms with Crippen molar-refractivity contribution in [2.24, 2.45) is 10.4 Å². The highest BCUT2D eigenvalue weighted by molar-refractivity contribution is 5.81. The number of hydrogen-bond acceptors (Lipinski definition) is 3. The van der Waals surface area contributed by atoms with E-state index in [1.807, 2.05) is 13.2 Å². The molecular formula is C17H30N4O. The molecule has 1 saturated heterocycles. The van der Waals surface area contributed by atoms with Crippen molar-refractivity contribution in [3.63, 3.8) is 0 Å². The van der Waals surface area contributed by atoms with Gasteiger partial charge in [0.25, 0.3) is 0 Å². The molecule has 0 atom stereocenters. The van der Waals surface area contributed by atoms with Crippen LogP contribution in [0.4, 0.5) is 0 Å². The molecule has 22 heavy (non-hydrogen) atoms. The van der Waals surface area contributed by atoms with E-state index in [1.54, 1.807) is 0 Å². The van der Waals surface area contributed by atoms with Crippen molar-refractivity contribution in [3.8, 4) is 0 Å². The molecule has 0 aliphatic carbocycles. The van der Waals surface area contributed by atoms with Gasteiger partial charge in [-0.2, -0.15) is 0 Å². The standard InChI is InChI=1S/C17H30N4O/c1-15(2,3)12-9-19-13(22-12)10-20-14(18-8)21-11-16(4,5)17(21,6)7/h9H,10-11H2,1-8H3,(H,18,20). The number of hydrogen-bond donors (Lipinski definition) is 1. The van der Waals surface area contributed by atoms with Crippen LogP contribution in [-0.2, 0) is 12.0 Å². The van der Waals surface area contributed by atoms with Crippen LogP contribution in [0.25, 0.3) is 0 Å². The lowest BCUT2D eigenvalue weighted by molar-refractivity contribution is -0.0668. The highest BCUT2D eigenvalue weighted by Crippen LogP contribution is 2.46. The largest absolute Gasteiger partial charge is 0.443 e. The number of guanidine groups is 1. The van der Waals surface area contributed by atoms with E-state index in [0.29, 0.717) is 12.4 Å².